The fraction of sp³-hybridized carbons (Fsp3) is 0.833. The molecule has 2 aliphatic heterocycles. The second-order valence-electron chi connectivity index (χ2n) is 10.2. The highest BCUT2D eigenvalue weighted by atomic mass is 16.6. The monoisotopic (exact) mass is 422 g/mol. The first kappa shape index (κ1) is 23.4. The first-order valence-corrected chi connectivity index (χ1v) is 11.4. The molecule has 170 valence electrons. The Morgan fingerprint density at radius 1 is 1.37 bits per heavy atom. The van der Waals surface area contributed by atoms with Gasteiger partial charge in [0, 0.05) is 31.3 Å². The van der Waals surface area contributed by atoms with Gasteiger partial charge in [-0.3, -0.25) is 9.59 Å². The Labute approximate surface area is 180 Å². The molecule has 3 fully saturated rings. The number of carbonyl (C=O) groups excluding carboxylic acids is 2. The van der Waals surface area contributed by atoms with Crippen LogP contribution in [0.25, 0.3) is 0 Å². The SMILES string of the molecule is C=C1CC[C@H](C(C)CO)[C@@H]2[C@H]1C(=O)C[C@@](C)(O)[C@H]1CC[C@@](C)(OC(=O)CCC)[C@@H]2O1. The Balaban J connectivity index is 2.08. The van der Waals surface area contributed by atoms with Crippen LogP contribution in [0.4, 0.5) is 0 Å². The average Bonchev–Trinajstić information content (AvgIpc) is 2.65. The van der Waals surface area contributed by atoms with Crippen LogP contribution in [0.5, 0.6) is 0 Å². The van der Waals surface area contributed by atoms with Crippen molar-refractivity contribution >= 4 is 11.8 Å². The van der Waals surface area contributed by atoms with Gasteiger partial charge in [0.15, 0.2) is 0 Å². The number of rotatable bonds is 5. The van der Waals surface area contributed by atoms with Gasteiger partial charge in [-0.1, -0.05) is 26.0 Å². The smallest absolute Gasteiger partial charge is 0.306 e. The van der Waals surface area contributed by atoms with E-state index in [0.717, 1.165) is 12.0 Å². The number of ketones is 1. The van der Waals surface area contributed by atoms with Gasteiger partial charge < -0.3 is 19.7 Å². The molecule has 6 nitrogen and oxygen atoms in total. The summed E-state index contributed by atoms with van der Waals surface area (Å²) in [7, 11) is 0. The molecule has 2 saturated heterocycles. The normalized spacial score (nSPS) is 42.7. The Morgan fingerprint density at radius 3 is 2.70 bits per heavy atom. The van der Waals surface area contributed by atoms with E-state index in [1.54, 1.807) is 6.92 Å². The molecule has 2 heterocycles. The number of esters is 1. The average molecular weight is 423 g/mol. The van der Waals surface area contributed by atoms with Gasteiger partial charge in [0.05, 0.1) is 11.7 Å². The second kappa shape index (κ2) is 8.71. The molecule has 1 unspecified atom stereocenters. The number of hydrogen-bond donors (Lipinski definition) is 2. The van der Waals surface area contributed by atoms with Crippen molar-refractivity contribution in [3.63, 3.8) is 0 Å². The van der Waals surface area contributed by atoms with Crippen LogP contribution >= 0.6 is 0 Å². The molecule has 1 aliphatic carbocycles. The molecule has 2 bridgehead atoms. The zero-order valence-electron chi connectivity index (χ0n) is 18.9. The highest BCUT2D eigenvalue weighted by Crippen LogP contribution is 2.52. The van der Waals surface area contributed by atoms with Crippen LogP contribution in [0.1, 0.15) is 72.6 Å². The summed E-state index contributed by atoms with van der Waals surface area (Å²) in [6, 6.07) is 0. The summed E-state index contributed by atoms with van der Waals surface area (Å²) in [5, 5.41) is 21.0. The Kier molecular flexibility index (Phi) is 6.80. The molecule has 0 spiro atoms. The minimum atomic E-state index is -1.27. The Hall–Kier alpha value is -1.24. The summed E-state index contributed by atoms with van der Waals surface area (Å²) in [6.45, 7) is 11.7. The molecule has 3 rings (SSSR count). The maximum absolute atomic E-state index is 13.4. The van der Waals surface area contributed by atoms with Crippen LogP contribution in [-0.2, 0) is 19.1 Å². The lowest BCUT2D eigenvalue weighted by atomic mass is 9.57. The number of carbonyl (C=O) groups is 2. The molecule has 0 aromatic heterocycles. The van der Waals surface area contributed by atoms with E-state index in [0.29, 0.717) is 32.1 Å². The number of Topliss-reactive ketones (excluding diaryl/α,β-unsaturated/α-hetero) is 1. The van der Waals surface area contributed by atoms with Crippen molar-refractivity contribution in [2.75, 3.05) is 6.61 Å². The van der Waals surface area contributed by atoms with Crippen LogP contribution in [0, 0.1) is 23.7 Å². The van der Waals surface area contributed by atoms with E-state index in [-0.39, 0.29) is 42.5 Å². The third-order valence-electron chi connectivity index (χ3n) is 7.68. The fourth-order valence-corrected chi connectivity index (χ4v) is 5.97. The predicted octanol–water partition coefficient (Wildman–Crippen LogP) is 3.19. The first-order chi connectivity index (χ1) is 14.0. The standard InChI is InChI=1S/C24H38O6/c1-6-7-19(27)30-24(5)11-10-18-23(4,28)12-17(26)20-14(2)8-9-16(15(3)13-25)21(20)22(24)29-18/h15-16,18,20-22,25,28H,2,6-13H2,1,3-5H3/t15?,16-,18-,20-,21-,22-,23-,24-/m1/s1. The van der Waals surface area contributed by atoms with Gasteiger partial charge in [-0.05, 0) is 57.8 Å². The summed E-state index contributed by atoms with van der Waals surface area (Å²) in [4.78, 5) is 25.9. The van der Waals surface area contributed by atoms with Gasteiger partial charge >= 0.3 is 5.97 Å². The summed E-state index contributed by atoms with van der Waals surface area (Å²) in [6.07, 6.45) is 2.64. The number of allylic oxidation sites excluding steroid dienone is 1. The third kappa shape index (κ3) is 4.23. The largest absolute Gasteiger partial charge is 0.457 e. The second-order valence-corrected chi connectivity index (χ2v) is 10.2. The number of hydrogen-bond acceptors (Lipinski definition) is 6. The summed E-state index contributed by atoms with van der Waals surface area (Å²) in [5.74, 6) is -0.951. The molecule has 0 amide bonds. The molecular weight excluding hydrogens is 384 g/mol. The van der Waals surface area contributed by atoms with E-state index in [1.807, 2.05) is 20.8 Å². The van der Waals surface area contributed by atoms with Crippen molar-refractivity contribution in [3.8, 4) is 0 Å². The molecule has 0 radical (unpaired) electrons. The van der Waals surface area contributed by atoms with Crippen molar-refractivity contribution in [1.82, 2.24) is 0 Å². The zero-order chi connectivity index (χ0) is 22.3. The Bertz CT molecular complexity index is 685. The van der Waals surface area contributed by atoms with Crippen LogP contribution < -0.4 is 0 Å². The van der Waals surface area contributed by atoms with Crippen molar-refractivity contribution < 1.29 is 29.3 Å². The van der Waals surface area contributed by atoms with E-state index in [2.05, 4.69) is 6.58 Å². The third-order valence-corrected chi connectivity index (χ3v) is 7.68. The molecule has 8 atom stereocenters. The lowest BCUT2D eigenvalue weighted by Crippen LogP contribution is -2.64. The van der Waals surface area contributed by atoms with Crippen LogP contribution in [0.2, 0.25) is 0 Å². The van der Waals surface area contributed by atoms with Gasteiger partial charge in [-0.15, -0.1) is 0 Å². The lowest BCUT2D eigenvalue weighted by Gasteiger charge is -2.56. The van der Waals surface area contributed by atoms with E-state index in [1.165, 1.54) is 0 Å². The van der Waals surface area contributed by atoms with E-state index in [9.17, 15) is 19.8 Å². The van der Waals surface area contributed by atoms with E-state index in [4.69, 9.17) is 9.47 Å². The number of fused-ring (bicyclic) bond motifs is 4. The van der Waals surface area contributed by atoms with E-state index >= 15 is 0 Å². The number of aliphatic hydroxyl groups is 2. The lowest BCUT2D eigenvalue weighted by molar-refractivity contribution is -0.256. The molecule has 1 saturated carbocycles. The summed E-state index contributed by atoms with van der Waals surface area (Å²) in [5.41, 5.74) is -1.30. The molecular formula is C24H38O6. The molecule has 30 heavy (non-hydrogen) atoms. The topological polar surface area (TPSA) is 93.1 Å². The van der Waals surface area contributed by atoms with Crippen molar-refractivity contribution in [3.05, 3.63) is 12.2 Å². The van der Waals surface area contributed by atoms with Gasteiger partial charge in [0.1, 0.15) is 17.5 Å². The van der Waals surface area contributed by atoms with Crippen molar-refractivity contribution in [2.24, 2.45) is 23.7 Å². The summed E-state index contributed by atoms with van der Waals surface area (Å²) >= 11 is 0. The number of ether oxygens (including phenoxy) is 2. The minimum absolute atomic E-state index is 0.0158. The van der Waals surface area contributed by atoms with Gasteiger partial charge in [0.2, 0.25) is 0 Å². The highest BCUT2D eigenvalue weighted by molar-refractivity contribution is 5.85. The fourth-order valence-electron chi connectivity index (χ4n) is 5.97. The maximum Gasteiger partial charge on any atom is 0.306 e. The maximum atomic E-state index is 13.4. The van der Waals surface area contributed by atoms with Gasteiger partial charge in [-0.25, -0.2) is 0 Å². The number of aliphatic hydroxyl groups excluding tert-OH is 1. The molecule has 3 aliphatic rings. The van der Waals surface area contributed by atoms with Gasteiger partial charge in [-0.2, -0.15) is 0 Å². The van der Waals surface area contributed by atoms with Crippen molar-refractivity contribution in [1.29, 1.82) is 0 Å². The molecule has 0 aromatic rings. The van der Waals surface area contributed by atoms with Crippen LogP contribution in [0.3, 0.4) is 0 Å². The minimum Gasteiger partial charge on any atom is -0.457 e. The Morgan fingerprint density at radius 2 is 2.07 bits per heavy atom. The predicted molar refractivity (Wildman–Crippen MR) is 113 cm³/mol. The van der Waals surface area contributed by atoms with E-state index < -0.39 is 29.3 Å². The van der Waals surface area contributed by atoms with Gasteiger partial charge in [0.25, 0.3) is 0 Å². The molecule has 6 heteroatoms. The van der Waals surface area contributed by atoms with Crippen LogP contribution in [0.15, 0.2) is 12.2 Å². The highest BCUT2D eigenvalue weighted by Gasteiger charge is 2.59. The first-order valence-electron chi connectivity index (χ1n) is 11.4. The van der Waals surface area contributed by atoms with Crippen molar-refractivity contribution in [2.45, 2.75) is 96.1 Å². The zero-order valence-corrected chi connectivity index (χ0v) is 18.9. The quantitative estimate of drug-likeness (QED) is 0.522. The van der Waals surface area contributed by atoms with Crippen LogP contribution in [-0.4, -0.2) is 52.0 Å². The molecule has 0 aromatic carbocycles. The molecule has 2 N–H and O–H groups in total. The summed E-state index contributed by atoms with van der Waals surface area (Å²) < 4.78 is 12.5.